The maximum atomic E-state index is 13.0. The monoisotopic (exact) mass is 434 g/mol. The number of ether oxygens (including phenoxy) is 1. The predicted octanol–water partition coefficient (Wildman–Crippen LogP) is 3.48. The first-order valence-corrected chi connectivity index (χ1v) is 11.4. The lowest BCUT2D eigenvalue weighted by Crippen LogP contribution is -2.58. The van der Waals surface area contributed by atoms with Crippen molar-refractivity contribution in [1.82, 2.24) is 0 Å². The van der Waals surface area contributed by atoms with Gasteiger partial charge in [0.25, 0.3) is 0 Å². The van der Waals surface area contributed by atoms with Gasteiger partial charge in [-0.1, -0.05) is 26.8 Å². The summed E-state index contributed by atoms with van der Waals surface area (Å²) in [7, 11) is 0. The van der Waals surface area contributed by atoms with E-state index in [1.54, 1.807) is 12.2 Å². The molecule has 0 radical (unpaired) electrons. The third-order valence-electron chi connectivity index (χ3n) is 8.58. The Morgan fingerprint density at radius 2 is 2.00 bits per heavy atom. The van der Waals surface area contributed by atoms with E-state index in [1.807, 2.05) is 6.08 Å². The zero-order valence-electron chi connectivity index (χ0n) is 18.1. The van der Waals surface area contributed by atoms with Gasteiger partial charge in [0.05, 0.1) is 11.5 Å². The molecule has 164 valence electrons. The molecule has 6 heteroatoms. The summed E-state index contributed by atoms with van der Waals surface area (Å²) in [6.07, 6.45) is 6.70. The summed E-state index contributed by atoms with van der Waals surface area (Å²) in [4.78, 5) is 36.2. The average molecular weight is 435 g/mol. The summed E-state index contributed by atoms with van der Waals surface area (Å²) in [6.45, 7) is 7.40. The van der Waals surface area contributed by atoms with Crippen molar-refractivity contribution in [2.45, 2.75) is 58.4 Å². The number of fused-ring (bicyclic) bond motifs is 5. The smallest absolute Gasteiger partial charge is 0.303 e. The molecule has 0 unspecified atom stereocenters. The zero-order chi connectivity index (χ0) is 22.0. The van der Waals surface area contributed by atoms with E-state index in [0.29, 0.717) is 12.8 Å². The minimum atomic E-state index is -0.596. The molecule has 0 saturated heterocycles. The standard InChI is InChI=1S/C24H31ClO5/c1-12-7-16-15-9-18(25)17-8-14(27)5-6-23(17,3)22(15)19(28)10-24(16,4)21(12)20(29)11-30-13(2)26/h5-6,8,12,15-16,18-19,21-22,28H,7,9-11H2,1-4H3/t12-,15+,16+,18+,19+,21-,22-,23+,24+/m1/s1. The van der Waals surface area contributed by atoms with Crippen molar-refractivity contribution in [1.29, 1.82) is 0 Å². The van der Waals surface area contributed by atoms with Crippen molar-refractivity contribution in [2.75, 3.05) is 6.61 Å². The summed E-state index contributed by atoms with van der Waals surface area (Å²) in [6, 6.07) is 0. The summed E-state index contributed by atoms with van der Waals surface area (Å²) < 4.78 is 5.02. The maximum Gasteiger partial charge on any atom is 0.303 e. The highest BCUT2D eigenvalue weighted by Gasteiger charge is 2.65. The first-order chi connectivity index (χ1) is 14.0. The molecule has 0 aromatic heterocycles. The molecule has 0 spiro atoms. The van der Waals surface area contributed by atoms with Crippen molar-refractivity contribution < 1.29 is 24.2 Å². The molecule has 0 bridgehead atoms. The normalized spacial score (nSPS) is 47.1. The van der Waals surface area contributed by atoms with E-state index in [9.17, 15) is 19.5 Å². The third kappa shape index (κ3) is 3.12. The van der Waals surface area contributed by atoms with Gasteiger partial charge < -0.3 is 9.84 Å². The van der Waals surface area contributed by atoms with Crippen LogP contribution in [0, 0.1) is 40.4 Å². The molecule has 1 N–H and O–H groups in total. The van der Waals surface area contributed by atoms with Crippen LogP contribution < -0.4 is 0 Å². The number of esters is 1. The van der Waals surface area contributed by atoms with Crippen LogP contribution in [0.1, 0.15) is 47.0 Å². The molecule has 30 heavy (non-hydrogen) atoms. The topological polar surface area (TPSA) is 80.7 Å². The second-order valence-electron chi connectivity index (χ2n) is 10.3. The lowest BCUT2D eigenvalue weighted by molar-refractivity contribution is -0.152. The van der Waals surface area contributed by atoms with Gasteiger partial charge in [-0.2, -0.15) is 0 Å². The summed E-state index contributed by atoms with van der Waals surface area (Å²) in [5.41, 5.74) is 0.0984. The molecule has 3 saturated carbocycles. The minimum absolute atomic E-state index is 0.0318. The van der Waals surface area contributed by atoms with Crippen molar-refractivity contribution in [2.24, 2.45) is 40.4 Å². The van der Waals surface area contributed by atoms with E-state index in [0.717, 1.165) is 12.0 Å². The SMILES string of the molecule is CC(=O)OCC(=O)[C@H]1[C@H](C)C[C@H]2[C@@H]3C[C@H](Cl)C4=CC(=O)C=C[C@]4(C)[C@H]3[C@@H](O)C[C@@]21C. The molecule has 0 aromatic rings. The number of hydrogen-bond acceptors (Lipinski definition) is 5. The van der Waals surface area contributed by atoms with Gasteiger partial charge in [0.2, 0.25) is 0 Å². The lowest BCUT2D eigenvalue weighted by Gasteiger charge is -2.59. The van der Waals surface area contributed by atoms with Crippen molar-refractivity contribution >= 4 is 29.1 Å². The average Bonchev–Trinajstić information content (AvgIpc) is 2.91. The number of Topliss-reactive ketones (excluding diaryl/α,β-unsaturated/α-hetero) is 1. The molecule has 5 nitrogen and oxygen atoms in total. The van der Waals surface area contributed by atoms with Crippen LogP contribution in [-0.2, 0) is 19.1 Å². The van der Waals surface area contributed by atoms with Crippen LogP contribution in [0.4, 0.5) is 0 Å². The molecule has 0 aliphatic heterocycles. The van der Waals surface area contributed by atoms with Crippen molar-refractivity contribution in [3.63, 3.8) is 0 Å². The number of aliphatic hydroxyl groups is 1. The molecule has 4 aliphatic carbocycles. The van der Waals surface area contributed by atoms with Crippen LogP contribution in [0.15, 0.2) is 23.8 Å². The number of allylic oxidation sites excluding steroid dienone is 4. The quantitative estimate of drug-likeness (QED) is 0.543. The van der Waals surface area contributed by atoms with Crippen LogP contribution in [0.5, 0.6) is 0 Å². The van der Waals surface area contributed by atoms with Crippen molar-refractivity contribution in [3.05, 3.63) is 23.8 Å². The predicted molar refractivity (Wildman–Crippen MR) is 113 cm³/mol. The van der Waals surface area contributed by atoms with Gasteiger partial charge >= 0.3 is 5.97 Å². The highest BCUT2D eigenvalue weighted by atomic mass is 35.5. The Labute approximate surface area is 182 Å². The highest BCUT2D eigenvalue weighted by Crippen LogP contribution is 2.67. The van der Waals surface area contributed by atoms with Crippen LogP contribution in [0.3, 0.4) is 0 Å². The Morgan fingerprint density at radius 3 is 2.67 bits per heavy atom. The molecule has 0 amide bonds. The van der Waals surface area contributed by atoms with Gasteiger partial charge in [-0.05, 0) is 60.2 Å². The number of carbonyl (C=O) groups is 3. The van der Waals surface area contributed by atoms with Gasteiger partial charge in [0.1, 0.15) is 6.61 Å². The van der Waals surface area contributed by atoms with E-state index in [1.165, 1.54) is 6.92 Å². The molecular weight excluding hydrogens is 404 g/mol. The summed E-state index contributed by atoms with van der Waals surface area (Å²) in [5, 5.41) is 11.1. The Hall–Kier alpha value is -1.46. The Balaban J connectivity index is 1.69. The van der Waals surface area contributed by atoms with Gasteiger partial charge in [0.15, 0.2) is 11.6 Å². The molecule has 0 heterocycles. The second kappa shape index (κ2) is 7.30. The number of carbonyl (C=O) groups excluding carboxylic acids is 3. The Bertz CT molecular complexity index is 847. The highest BCUT2D eigenvalue weighted by molar-refractivity contribution is 6.23. The van der Waals surface area contributed by atoms with E-state index >= 15 is 0 Å². The van der Waals surface area contributed by atoms with Crippen LogP contribution >= 0.6 is 11.6 Å². The summed E-state index contributed by atoms with van der Waals surface area (Å²) >= 11 is 6.81. The number of rotatable bonds is 3. The van der Waals surface area contributed by atoms with Crippen molar-refractivity contribution in [3.8, 4) is 0 Å². The van der Waals surface area contributed by atoms with Crippen LogP contribution in [0.25, 0.3) is 0 Å². The summed E-state index contributed by atoms with van der Waals surface area (Å²) in [5.74, 6) is -0.282. The third-order valence-corrected chi connectivity index (χ3v) is 8.99. The largest absolute Gasteiger partial charge is 0.458 e. The maximum absolute atomic E-state index is 13.0. The number of ketones is 2. The number of alkyl halides is 1. The molecule has 3 fully saturated rings. The first-order valence-electron chi connectivity index (χ1n) is 10.9. The molecule has 9 atom stereocenters. The molecule has 0 aromatic carbocycles. The van der Waals surface area contributed by atoms with E-state index in [4.69, 9.17) is 16.3 Å². The Kier molecular flexibility index (Phi) is 5.30. The lowest BCUT2D eigenvalue weighted by atomic mass is 9.46. The second-order valence-corrected chi connectivity index (χ2v) is 10.9. The fourth-order valence-electron chi connectivity index (χ4n) is 7.65. The van der Waals surface area contributed by atoms with E-state index < -0.39 is 17.5 Å². The zero-order valence-corrected chi connectivity index (χ0v) is 18.8. The minimum Gasteiger partial charge on any atom is -0.458 e. The fraction of sp³-hybridized carbons (Fsp3) is 0.708. The van der Waals surface area contributed by atoms with Crippen LogP contribution in [0.2, 0.25) is 0 Å². The van der Waals surface area contributed by atoms with E-state index in [-0.39, 0.29) is 58.6 Å². The van der Waals surface area contributed by atoms with Gasteiger partial charge in [0, 0.05) is 24.2 Å². The van der Waals surface area contributed by atoms with Crippen LogP contribution in [-0.4, -0.2) is 40.7 Å². The first kappa shape index (κ1) is 21.8. The van der Waals surface area contributed by atoms with E-state index in [2.05, 4.69) is 20.8 Å². The van der Waals surface area contributed by atoms with Gasteiger partial charge in [-0.25, -0.2) is 0 Å². The molecule has 4 aliphatic rings. The fourth-order valence-corrected chi connectivity index (χ4v) is 8.15. The Morgan fingerprint density at radius 1 is 1.30 bits per heavy atom. The molecule has 4 rings (SSSR count). The van der Waals surface area contributed by atoms with Gasteiger partial charge in [-0.15, -0.1) is 11.6 Å². The number of halogens is 1. The number of hydrogen-bond donors (Lipinski definition) is 1. The molecular formula is C24H31ClO5. The van der Waals surface area contributed by atoms with Gasteiger partial charge in [-0.3, -0.25) is 14.4 Å². The number of aliphatic hydroxyl groups excluding tert-OH is 1.